The van der Waals surface area contributed by atoms with Crippen LogP contribution in [0.2, 0.25) is 5.02 Å². The molecular formula is C14H14ClF2NO3. The molecule has 0 amide bonds. The molecule has 0 unspecified atom stereocenters. The molecule has 7 heteroatoms. The van der Waals surface area contributed by atoms with Crippen LogP contribution >= 0.6 is 11.6 Å². The smallest absolute Gasteiger partial charge is 0.343 e. The van der Waals surface area contributed by atoms with Gasteiger partial charge in [-0.2, -0.15) is 0 Å². The van der Waals surface area contributed by atoms with Gasteiger partial charge in [0.15, 0.2) is 5.76 Å². The molecule has 114 valence electrons. The van der Waals surface area contributed by atoms with E-state index in [2.05, 4.69) is 4.74 Å². The van der Waals surface area contributed by atoms with Crippen molar-refractivity contribution < 1.29 is 23.4 Å². The van der Waals surface area contributed by atoms with Crippen LogP contribution in [0, 0.1) is 5.41 Å². The number of rotatable bonds is 6. The summed E-state index contributed by atoms with van der Waals surface area (Å²) < 4.78 is 29.8. The third-order valence-electron chi connectivity index (χ3n) is 2.54. The summed E-state index contributed by atoms with van der Waals surface area (Å²) in [6.07, 6.45) is -3.36. The van der Waals surface area contributed by atoms with E-state index in [4.69, 9.17) is 17.0 Å². The maximum Gasteiger partial charge on any atom is 0.343 e. The van der Waals surface area contributed by atoms with Crippen molar-refractivity contribution in [2.24, 2.45) is 0 Å². The van der Waals surface area contributed by atoms with E-state index >= 15 is 0 Å². The van der Waals surface area contributed by atoms with Gasteiger partial charge in [-0.25, -0.2) is 13.6 Å². The van der Waals surface area contributed by atoms with Crippen molar-refractivity contribution >= 4 is 23.3 Å². The molecule has 0 aromatic heterocycles. The summed E-state index contributed by atoms with van der Waals surface area (Å²) in [5.41, 5.74) is -0.663. The van der Waals surface area contributed by atoms with Crippen molar-refractivity contribution in [2.45, 2.75) is 19.8 Å². The maximum atomic E-state index is 12.6. The zero-order valence-electron chi connectivity index (χ0n) is 11.2. The molecule has 0 saturated carbocycles. The van der Waals surface area contributed by atoms with Gasteiger partial charge in [-0.15, -0.1) is 0 Å². The highest BCUT2D eigenvalue weighted by molar-refractivity contribution is 6.30. The van der Waals surface area contributed by atoms with Crippen molar-refractivity contribution in [3.05, 3.63) is 46.2 Å². The zero-order chi connectivity index (χ0) is 16.0. The van der Waals surface area contributed by atoms with E-state index < -0.39 is 29.4 Å². The highest BCUT2D eigenvalue weighted by Crippen LogP contribution is 2.17. The first-order chi connectivity index (χ1) is 9.86. The molecule has 0 heterocycles. The summed E-state index contributed by atoms with van der Waals surface area (Å²) in [5.74, 6) is -2.60. The number of alkyl halides is 2. The van der Waals surface area contributed by atoms with Gasteiger partial charge < -0.3 is 15.3 Å². The van der Waals surface area contributed by atoms with Gasteiger partial charge in [0.05, 0.1) is 12.3 Å². The zero-order valence-corrected chi connectivity index (χ0v) is 12.0. The van der Waals surface area contributed by atoms with Crippen LogP contribution < -0.4 is 0 Å². The molecule has 0 radical (unpaired) electrons. The molecule has 0 fully saturated rings. The van der Waals surface area contributed by atoms with Gasteiger partial charge in [0.1, 0.15) is 5.57 Å². The molecule has 0 bridgehead atoms. The van der Waals surface area contributed by atoms with Gasteiger partial charge in [-0.3, -0.25) is 0 Å². The second-order valence-electron chi connectivity index (χ2n) is 4.06. The first-order valence-corrected chi connectivity index (χ1v) is 6.45. The van der Waals surface area contributed by atoms with E-state index in [1.807, 2.05) is 0 Å². The van der Waals surface area contributed by atoms with Crippen molar-refractivity contribution in [3.8, 4) is 0 Å². The van der Waals surface area contributed by atoms with Gasteiger partial charge in [-0.1, -0.05) is 23.7 Å². The topological polar surface area (TPSA) is 70.4 Å². The van der Waals surface area contributed by atoms with Gasteiger partial charge in [0.2, 0.25) is 0 Å². The molecule has 0 aliphatic rings. The quantitative estimate of drug-likeness (QED) is 0.365. The van der Waals surface area contributed by atoms with Crippen molar-refractivity contribution in [1.82, 2.24) is 0 Å². The predicted molar refractivity (Wildman–Crippen MR) is 75.2 cm³/mol. The average Bonchev–Trinajstić information content (AvgIpc) is 2.41. The molecular weight excluding hydrogens is 304 g/mol. The summed E-state index contributed by atoms with van der Waals surface area (Å²) in [7, 11) is 0. The summed E-state index contributed by atoms with van der Waals surface area (Å²) in [6.45, 7) is 1.45. The normalized spacial score (nSPS) is 12.0. The summed E-state index contributed by atoms with van der Waals surface area (Å²) in [6, 6.07) is 6.34. The number of carbonyl (C=O) groups is 1. The molecule has 0 atom stereocenters. The molecule has 1 aromatic carbocycles. The highest BCUT2D eigenvalue weighted by Gasteiger charge is 2.26. The minimum Gasteiger partial charge on any atom is -0.506 e. The second kappa shape index (κ2) is 7.73. The third kappa shape index (κ3) is 4.82. The Hall–Kier alpha value is -1.95. The van der Waals surface area contributed by atoms with E-state index in [1.165, 1.54) is 6.92 Å². The van der Waals surface area contributed by atoms with E-state index in [0.29, 0.717) is 10.6 Å². The van der Waals surface area contributed by atoms with E-state index in [-0.39, 0.29) is 13.0 Å². The Morgan fingerprint density at radius 3 is 2.43 bits per heavy atom. The van der Waals surface area contributed by atoms with Crippen LogP contribution in [-0.2, 0) is 16.0 Å². The molecule has 1 rings (SSSR count). The number of ether oxygens (including phenoxy) is 1. The number of benzene rings is 1. The minimum atomic E-state index is -3.25. The van der Waals surface area contributed by atoms with Gasteiger partial charge >= 0.3 is 5.97 Å². The van der Waals surface area contributed by atoms with Crippen LogP contribution in [0.3, 0.4) is 0 Å². The molecule has 2 N–H and O–H groups in total. The molecule has 0 aliphatic heterocycles. The fourth-order valence-electron chi connectivity index (χ4n) is 1.59. The SMILES string of the molecule is CCOC(=O)C(C(=N)Cc1ccc(Cl)cc1)=C(O)C(F)F. The number of carbonyl (C=O) groups excluding carboxylic acids is 1. The van der Waals surface area contributed by atoms with Crippen LogP contribution in [0.25, 0.3) is 0 Å². The molecule has 0 spiro atoms. The Morgan fingerprint density at radius 2 is 1.95 bits per heavy atom. The minimum absolute atomic E-state index is 0.0485. The number of aliphatic hydroxyl groups excluding tert-OH is 1. The Bertz CT molecular complexity index is 556. The fourth-order valence-corrected chi connectivity index (χ4v) is 1.72. The van der Waals surface area contributed by atoms with E-state index in [9.17, 15) is 18.7 Å². The van der Waals surface area contributed by atoms with Crippen molar-refractivity contribution in [3.63, 3.8) is 0 Å². The van der Waals surface area contributed by atoms with Crippen molar-refractivity contribution in [2.75, 3.05) is 6.61 Å². The maximum absolute atomic E-state index is 12.6. The van der Waals surface area contributed by atoms with Crippen LogP contribution in [0.15, 0.2) is 35.6 Å². The first-order valence-electron chi connectivity index (χ1n) is 6.07. The molecule has 0 aliphatic carbocycles. The summed E-state index contributed by atoms with van der Waals surface area (Å²) in [4.78, 5) is 11.6. The van der Waals surface area contributed by atoms with Crippen LogP contribution in [-0.4, -0.2) is 29.8 Å². The van der Waals surface area contributed by atoms with Crippen molar-refractivity contribution in [1.29, 1.82) is 5.41 Å². The number of esters is 1. The lowest BCUT2D eigenvalue weighted by atomic mass is 10.0. The predicted octanol–water partition coefficient (Wildman–Crippen LogP) is 3.54. The van der Waals surface area contributed by atoms with Crippen LogP contribution in [0.1, 0.15) is 12.5 Å². The summed E-state index contributed by atoms with van der Waals surface area (Å²) >= 11 is 5.72. The lowest BCUT2D eigenvalue weighted by Crippen LogP contribution is -2.21. The van der Waals surface area contributed by atoms with Crippen LogP contribution in [0.4, 0.5) is 8.78 Å². The number of hydrogen-bond donors (Lipinski definition) is 2. The lowest BCUT2D eigenvalue weighted by molar-refractivity contribution is -0.138. The number of aliphatic hydroxyl groups is 1. The van der Waals surface area contributed by atoms with E-state index in [1.54, 1.807) is 24.3 Å². The number of hydrogen-bond acceptors (Lipinski definition) is 4. The Morgan fingerprint density at radius 1 is 1.38 bits per heavy atom. The standard InChI is InChI=1S/C14H14ClF2NO3/c1-2-21-14(20)11(12(19)13(16)17)10(18)7-8-3-5-9(15)6-4-8/h3-6,13,18-19H,2,7H2,1H3. The number of nitrogens with one attached hydrogen (secondary N) is 1. The largest absolute Gasteiger partial charge is 0.506 e. The van der Waals surface area contributed by atoms with Gasteiger partial charge in [-0.05, 0) is 24.6 Å². The highest BCUT2D eigenvalue weighted by atomic mass is 35.5. The average molecular weight is 318 g/mol. The summed E-state index contributed by atoms with van der Waals surface area (Å²) in [5, 5.41) is 17.6. The Kier molecular flexibility index (Phi) is 6.30. The van der Waals surface area contributed by atoms with Crippen LogP contribution in [0.5, 0.6) is 0 Å². The second-order valence-corrected chi connectivity index (χ2v) is 4.50. The van der Waals surface area contributed by atoms with E-state index in [0.717, 1.165) is 0 Å². The lowest BCUT2D eigenvalue weighted by Gasteiger charge is -2.11. The molecule has 0 saturated heterocycles. The Balaban J connectivity index is 3.03. The monoisotopic (exact) mass is 317 g/mol. The number of allylic oxidation sites excluding steroid dienone is 1. The number of halogens is 3. The Labute approximate surface area is 125 Å². The molecule has 21 heavy (non-hydrogen) atoms. The fraction of sp³-hybridized carbons (Fsp3) is 0.286. The molecule has 1 aromatic rings. The van der Waals surface area contributed by atoms with Gasteiger partial charge in [0.25, 0.3) is 6.43 Å². The third-order valence-corrected chi connectivity index (χ3v) is 2.79. The first kappa shape index (κ1) is 17.1. The molecule has 4 nitrogen and oxygen atoms in total. The van der Waals surface area contributed by atoms with Gasteiger partial charge in [0, 0.05) is 11.4 Å².